The molecule has 0 heterocycles. The Balaban J connectivity index is 3.81. The minimum Gasteiger partial charge on any atom is -0.460 e. The maximum atomic E-state index is 11.2. The summed E-state index contributed by atoms with van der Waals surface area (Å²) < 4.78 is 16.9. The molecule has 0 atom stereocenters. The summed E-state index contributed by atoms with van der Waals surface area (Å²) in [6, 6.07) is 2.05. The van der Waals surface area contributed by atoms with Crippen molar-refractivity contribution in [2.45, 2.75) is 58.0 Å². The number of hydrogen-bond acceptors (Lipinski definition) is 5. The number of carbonyl (C=O) groups excluding carboxylic acids is 1. The average molecular weight is 363 g/mol. The molecule has 0 unspecified atom stereocenters. The van der Waals surface area contributed by atoms with E-state index in [2.05, 4.69) is 32.8 Å². The third-order valence-electron chi connectivity index (χ3n) is 3.37. The van der Waals surface area contributed by atoms with Crippen LogP contribution in [0.1, 0.15) is 19.8 Å². The molecular weight excluding hydrogens is 328 g/mol. The van der Waals surface area contributed by atoms with E-state index in [-0.39, 0.29) is 19.2 Å². The molecule has 0 aromatic rings. The number of hydrogen-bond donors (Lipinski definition) is 1. The van der Waals surface area contributed by atoms with E-state index in [4.69, 9.17) is 18.7 Å². The second-order valence-electron chi connectivity index (χ2n) is 7.08. The topological polar surface area (TPSA) is 65.0 Å². The smallest absolute Gasteiger partial charge is 0.333 e. The Morgan fingerprint density at radius 3 is 2.09 bits per heavy atom. The van der Waals surface area contributed by atoms with Gasteiger partial charge in [0.25, 0.3) is 0 Å². The first-order chi connectivity index (χ1) is 10.6. The molecule has 0 saturated carbocycles. The van der Waals surface area contributed by atoms with Gasteiger partial charge in [0.2, 0.25) is 0 Å². The van der Waals surface area contributed by atoms with Crippen LogP contribution in [0.15, 0.2) is 12.2 Å². The average Bonchev–Trinajstić information content (AvgIpc) is 2.42. The standard InChI is InChI=1S/C16H34O5Si2/c1-15(2)16(18)20-12-11-19-10-8-14-23(5,6)21-22(3,4)13-7-9-17/h17H,1,7-14H2,2-6H3. The molecule has 0 rings (SSSR count). The highest BCUT2D eigenvalue weighted by atomic mass is 28.4. The van der Waals surface area contributed by atoms with Gasteiger partial charge in [-0.15, -0.1) is 0 Å². The largest absolute Gasteiger partial charge is 0.460 e. The van der Waals surface area contributed by atoms with Crippen LogP contribution < -0.4 is 0 Å². The van der Waals surface area contributed by atoms with Gasteiger partial charge in [-0.3, -0.25) is 0 Å². The Morgan fingerprint density at radius 2 is 1.57 bits per heavy atom. The normalized spacial score (nSPS) is 12.3. The van der Waals surface area contributed by atoms with Crippen molar-refractivity contribution in [2.24, 2.45) is 0 Å². The zero-order chi connectivity index (χ0) is 17.9. The molecule has 0 aromatic carbocycles. The molecule has 23 heavy (non-hydrogen) atoms. The number of esters is 1. The summed E-state index contributed by atoms with van der Waals surface area (Å²) in [6.45, 7) is 15.7. The second kappa shape index (κ2) is 11.1. The molecule has 0 amide bonds. The lowest BCUT2D eigenvalue weighted by Gasteiger charge is -2.34. The van der Waals surface area contributed by atoms with Gasteiger partial charge in [-0.05, 0) is 58.0 Å². The highest BCUT2D eigenvalue weighted by Crippen LogP contribution is 2.23. The molecule has 0 spiro atoms. The molecule has 136 valence electrons. The van der Waals surface area contributed by atoms with Crippen molar-refractivity contribution in [1.82, 2.24) is 0 Å². The molecule has 0 aromatic heterocycles. The van der Waals surface area contributed by atoms with Crippen molar-refractivity contribution in [1.29, 1.82) is 0 Å². The predicted molar refractivity (Wildman–Crippen MR) is 98.6 cm³/mol. The van der Waals surface area contributed by atoms with Crippen LogP contribution >= 0.6 is 0 Å². The summed E-state index contributed by atoms with van der Waals surface area (Å²) in [7, 11) is -3.36. The maximum Gasteiger partial charge on any atom is 0.333 e. The molecule has 7 heteroatoms. The van der Waals surface area contributed by atoms with E-state index in [1.807, 2.05) is 0 Å². The van der Waals surface area contributed by atoms with Crippen LogP contribution in [0.3, 0.4) is 0 Å². The summed E-state index contributed by atoms with van der Waals surface area (Å²) in [4.78, 5) is 11.2. The third kappa shape index (κ3) is 12.6. The van der Waals surface area contributed by atoms with E-state index in [1.54, 1.807) is 6.92 Å². The lowest BCUT2D eigenvalue weighted by atomic mass is 10.4. The van der Waals surface area contributed by atoms with E-state index in [9.17, 15) is 4.79 Å². The van der Waals surface area contributed by atoms with Crippen LogP contribution in [0.4, 0.5) is 0 Å². The van der Waals surface area contributed by atoms with Gasteiger partial charge < -0.3 is 18.7 Å². The number of aliphatic hydroxyl groups excluding tert-OH is 1. The summed E-state index contributed by atoms with van der Waals surface area (Å²) >= 11 is 0. The van der Waals surface area contributed by atoms with Crippen LogP contribution in [0.5, 0.6) is 0 Å². The second-order valence-corrected chi connectivity index (χ2v) is 15.9. The summed E-state index contributed by atoms with van der Waals surface area (Å²) in [5.41, 5.74) is 0.405. The first-order valence-electron chi connectivity index (χ1n) is 8.31. The van der Waals surface area contributed by atoms with Crippen molar-refractivity contribution in [2.75, 3.05) is 26.4 Å². The van der Waals surface area contributed by atoms with Crippen molar-refractivity contribution in [3.8, 4) is 0 Å². The molecule has 0 bridgehead atoms. The Bertz CT molecular complexity index is 369. The number of carbonyl (C=O) groups is 1. The first-order valence-corrected chi connectivity index (χ1v) is 14.5. The maximum absolute atomic E-state index is 11.2. The van der Waals surface area contributed by atoms with E-state index < -0.39 is 16.6 Å². The van der Waals surface area contributed by atoms with Gasteiger partial charge in [0.15, 0.2) is 16.6 Å². The Labute approximate surface area is 143 Å². The van der Waals surface area contributed by atoms with Crippen molar-refractivity contribution < 1.29 is 23.5 Å². The molecule has 0 aliphatic rings. The zero-order valence-corrected chi connectivity index (χ0v) is 17.4. The van der Waals surface area contributed by atoms with Crippen molar-refractivity contribution in [3.63, 3.8) is 0 Å². The molecule has 0 saturated heterocycles. The highest BCUT2D eigenvalue weighted by molar-refractivity contribution is 6.84. The molecule has 0 fully saturated rings. The summed E-state index contributed by atoms with van der Waals surface area (Å²) in [6.07, 6.45) is 1.79. The fourth-order valence-electron chi connectivity index (χ4n) is 2.37. The molecular formula is C16H34O5Si2. The molecule has 0 aliphatic carbocycles. The minimum atomic E-state index is -1.69. The van der Waals surface area contributed by atoms with Gasteiger partial charge in [0, 0.05) is 18.8 Å². The number of aliphatic hydroxyl groups is 1. The van der Waals surface area contributed by atoms with Gasteiger partial charge in [-0.25, -0.2) is 4.79 Å². The van der Waals surface area contributed by atoms with Gasteiger partial charge >= 0.3 is 5.97 Å². The van der Waals surface area contributed by atoms with Crippen LogP contribution in [0.25, 0.3) is 0 Å². The van der Waals surface area contributed by atoms with Crippen LogP contribution in [0, 0.1) is 0 Å². The third-order valence-corrected chi connectivity index (χ3v) is 10.9. The SMILES string of the molecule is C=C(C)C(=O)OCCOCCC[Si](C)(C)O[Si](C)(C)CCCO. The Kier molecular flexibility index (Phi) is 10.9. The Morgan fingerprint density at radius 1 is 1.00 bits per heavy atom. The van der Waals surface area contributed by atoms with Crippen LogP contribution in [-0.2, 0) is 18.4 Å². The minimum absolute atomic E-state index is 0.242. The lowest BCUT2D eigenvalue weighted by molar-refractivity contribution is -0.140. The zero-order valence-electron chi connectivity index (χ0n) is 15.4. The van der Waals surface area contributed by atoms with Crippen LogP contribution in [0.2, 0.25) is 38.3 Å². The quantitative estimate of drug-likeness (QED) is 0.236. The molecule has 0 aliphatic heterocycles. The van der Waals surface area contributed by atoms with Gasteiger partial charge in [-0.2, -0.15) is 0 Å². The van der Waals surface area contributed by atoms with E-state index in [1.165, 1.54) is 0 Å². The van der Waals surface area contributed by atoms with Crippen molar-refractivity contribution >= 4 is 22.6 Å². The summed E-state index contributed by atoms with van der Waals surface area (Å²) in [5, 5.41) is 8.96. The first kappa shape index (κ1) is 22.5. The van der Waals surface area contributed by atoms with Crippen LogP contribution in [-0.4, -0.2) is 54.1 Å². The Hall–Kier alpha value is -0.476. The van der Waals surface area contributed by atoms with Gasteiger partial charge in [-0.1, -0.05) is 6.58 Å². The number of rotatable bonds is 13. The van der Waals surface area contributed by atoms with E-state index in [0.717, 1.165) is 24.9 Å². The highest BCUT2D eigenvalue weighted by Gasteiger charge is 2.32. The molecule has 0 radical (unpaired) electrons. The van der Waals surface area contributed by atoms with Gasteiger partial charge in [0.05, 0.1) is 6.61 Å². The van der Waals surface area contributed by atoms with E-state index in [0.29, 0.717) is 18.8 Å². The monoisotopic (exact) mass is 362 g/mol. The number of ether oxygens (including phenoxy) is 2. The van der Waals surface area contributed by atoms with Crippen molar-refractivity contribution in [3.05, 3.63) is 12.2 Å². The summed E-state index contributed by atoms with van der Waals surface area (Å²) in [5.74, 6) is -0.370. The lowest BCUT2D eigenvalue weighted by Crippen LogP contribution is -2.44. The predicted octanol–water partition coefficient (Wildman–Crippen LogP) is 3.32. The van der Waals surface area contributed by atoms with E-state index >= 15 is 0 Å². The van der Waals surface area contributed by atoms with Gasteiger partial charge in [0.1, 0.15) is 6.61 Å². The fourth-order valence-corrected chi connectivity index (χ4v) is 11.2. The molecule has 1 N–H and O–H groups in total. The fraction of sp³-hybridized carbons (Fsp3) is 0.812. The molecule has 5 nitrogen and oxygen atoms in total.